The number of nitrogens with zero attached hydrogens (tertiary/aromatic N) is 2. The van der Waals surface area contributed by atoms with Crippen LogP contribution in [0.2, 0.25) is 0 Å². The first-order valence-corrected chi connectivity index (χ1v) is 11.4. The van der Waals surface area contributed by atoms with Crippen LogP contribution in [-0.4, -0.2) is 57.1 Å². The van der Waals surface area contributed by atoms with Crippen LogP contribution in [0.25, 0.3) is 0 Å². The van der Waals surface area contributed by atoms with Gasteiger partial charge >= 0.3 is 0 Å². The van der Waals surface area contributed by atoms with Gasteiger partial charge in [0.2, 0.25) is 0 Å². The molecule has 1 amide bonds. The predicted molar refractivity (Wildman–Crippen MR) is 133 cm³/mol. The number of benzene rings is 2. The number of aliphatic imine (C=N–C) groups is 1. The van der Waals surface area contributed by atoms with Gasteiger partial charge in [-0.3, -0.25) is 9.79 Å². The molecule has 0 unspecified atom stereocenters. The molecule has 0 saturated heterocycles. The molecule has 6 nitrogen and oxygen atoms in total. The van der Waals surface area contributed by atoms with Crippen LogP contribution in [0.4, 0.5) is 0 Å². The number of rotatable bonds is 11. The highest BCUT2D eigenvalue weighted by Crippen LogP contribution is 2.13. The van der Waals surface area contributed by atoms with E-state index in [9.17, 15) is 4.79 Å². The van der Waals surface area contributed by atoms with Crippen LogP contribution in [0.1, 0.15) is 42.3 Å². The maximum atomic E-state index is 12.2. The summed E-state index contributed by atoms with van der Waals surface area (Å²) in [6, 6.07) is 16.1. The second-order valence-electron chi connectivity index (χ2n) is 8.44. The van der Waals surface area contributed by atoms with Crippen molar-refractivity contribution in [2.45, 2.75) is 33.6 Å². The van der Waals surface area contributed by atoms with Crippen molar-refractivity contribution in [3.8, 4) is 5.75 Å². The Morgan fingerprint density at radius 2 is 1.78 bits per heavy atom. The zero-order valence-electron chi connectivity index (χ0n) is 20.1. The van der Waals surface area contributed by atoms with Crippen molar-refractivity contribution in [1.82, 2.24) is 15.5 Å². The smallest absolute Gasteiger partial charge is 0.253 e. The molecule has 32 heavy (non-hydrogen) atoms. The van der Waals surface area contributed by atoms with E-state index in [0.29, 0.717) is 18.0 Å². The number of ether oxygens (including phenoxy) is 1. The Hall–Kier alpha value is -3.02. The molecule has 6 heteroatoms. The molecule has 0 fully saturated rings. The maximum Gasteiger partial charge on any atom is 0.253 e. The van der Waals surface area contributed by atoms with E-state index in [0.717, 1.165) is 49.8 Å². The van der Waals surface area contributed by atoms with Crippen LogP contribution >= 0.6 is 0 Å². The first-order valence-electron chi connectivity index (χ1n) is 11.4. The number of guanidine groups is 1. The molecule has 0 spiro atoms. The van der Waals surface area contributed by atoms with Crippen molar-refractivity contribution in [2.75, 3.05) is 40.3 Å². The first-order chi connectivity index (χ1) is 15.4. The summed E-state index contributed by atoms with van der Waals surface area (Å²) >= 11 is 0. The summed E-state index contributed by atoms with van der Waals surface area (Å²) in [6.45, 7) is 9.33. The highest BCUT2D eigenvalue weighted by molar-refractivity contribution is 5.94. The van der Waals surface area contributed by atoms with Gasteiger partial charge in [-0.25, -0.2) is 0 Å². The van der Waals surface area contributed by atoms with Crippen LogP contribution in [0.5, 0.6) is 5.75 Å². The third-order valence-electron chi connectivity index (χ3n) is 4.81. The zero-order valence-corrected chi connectivity index (χ0v) is 20.1. The molecule has 2 rings (SSSR count). The molecule has 0 aliphatic rings. The average Bonchev–Trinajstić information content (AvgIpc) is 2.78. The van der Waals surface area contributed by atoms with Gasteiger partial charge in [-0.05, 0) is 61.1 Å². The van der Waals surface area contributed by atoms with Crippen molar-refractivity contribution >= 4 is 11.9 Å². The van der Waals surface area contributed by atoms with Crippen molar-refractivity contribution in [1.29, 1.82) is 0 Å². The molecule has 0 atom stereocenters. The lowest BCUT2D eigenvalue weighted by molar-refractivity contribution is 0.0827. The van der Waals surface area contributed by atoms with E-state index >= 15 is 0 Å². The first kappa shape index (κ1) is 25.2. The SMILES string of the molecule is CCNC(=NCCc1ccc(OCC(C)C)cc1)NCCc1cccc(C(=O)N(C)C)c1. The summed E-state index contributed by atoms with van der Waals surface area (Å²) in [7, 11) is 3.54. The molecule has 0 bridgehead atoms. The predicted octanol–water partition coefficient (Wildman–Crippen LogP) is 3.76. The topological polar surface area (TPSA) is 66.0 Å². The fourth-order valence-corrected chi connectivity index (χ4v) is 3.10. The monoisotopic (exact) mass is 438 g/mol. The Bertz CT molecular complexity index is 860. The Labute approximate surface area is 193 Å². The molecule has 0 heterocycles. The molecule has 2 aromatic carbocycles. The van der Waals surface area contributed by atoms with Gasteiger partial charge in [-0.2, -0.15) is 0 Å². The number of amides is 1. The molecule has 0 saturated carbocycles. The van der Waals surface area contributed by atoms with Crippen molar-refractivity contribution in [3.05, 3.63) is 65.2 Å². The van der Waals surface area contributed by atoms with Gasteiger partial charge in [0.15, 0.2) is 5.96 Å². The Balaban J connectivity index is 1.83. The minimum Gasteiger partial charge on any atom is -0.493 e. The van der Waals surface area contributed by atoms with Crippen molar-refractivity contribution in [3.63, 3.8) is 0 Å². The van der Waals surface area contributed by atoms with Crippen molar-refractivity contribution in [2.24, 2.45) is 10.9 Å². The number of carbonyl (C=O) groups excluding carboxylic acids is 1. The number of carbonyl (C=O) groups is 1. The Morgan fingerprint density at radius 1 is 1.03 bits per heavy atom. The Kier molecular flexibility index (Phi) is 10.6. The molecule has 2 aromatic rings. The van der Waals surface area contributed by atoms with Crippen LogP contribution in [0, 0.1) is 5.92 Å². The standard InChI is InChI=1S/C26H38N4O2/c1-6-27-26(28-16-14-21-10-12-24(13-11-21)32-19-20(2)3)29-17-15-22-8-7-9-23(18-22)25(31)30(4)5/h7-13,18,20H,6,14-17,19H2,1-5H3,(H2,27,28,29). The Morgan fingerprint density at radius 3 is 2.44 bits per heavy atom. The molecular weight excluding hydrogens is 400 g/mol. The summed E-state index contributed by atoms with van der Waals surface area (Å²) in [4.78, 5) is 18.4. The van der Waals surface area contributed by atoms with E-state index in [1.165, 1.54) is 5.56 Å². The van der Waals surface area contributed by atoms with Crippen LogP contribution in [0.3, 0.4) is 0 Å². The highest BCUT2D eigenvalue weighted by Gasteiger charge is 2.08. The molecule has 0 aliphatic carbocycles. The highest BCUT2D eigenvalue weighted by atomic mass is 16.5. The molecule has 0 aromatic heterocycles. The fraction of sp³-hybridized carbons (Fsp3) is 0.462. The van der Waals surface area contributed by atoms with Gasteiger partial charge in [0.25, 0.3) is 5.91 Å². The minimum atomic E-state index is 0.0224. The molecule has 174 valence electrons. The summed E-state index contributed by atoms with van der Waals surface area (Å²) in [5, 5.41) is 6.68. The summed E-state index contributed by atoms with van der Waals surface area (Å²) in [5.41, 5.74) is 3.08. The molecule has 2 N–H and O–H groups in total. The lowest BCUT2D eigenvalue weighted by atomic mass is 10.1. The number of hydrogen-bond donors (Lipinski definition) is 2. The third kappa shape index (κ3) is 9.00. The largest absolute Gasteiger partial charge is 0.493 e. The van der Waals surface area contributed by atoms with E-state index in [-0.39, 0.29) is 5.91 Å². The van der Waals surface area contributed by atoms with E-state index < -0.39 is 0 Å². The van der Waals surface area contributed by atoms with Gasteiger partial charge in [0, 0.05) is 39.3 Å². The average molecular weight is 439 g/mol. The molecule has 0 radical (unpaired) electrons. The third-order valence-corrected chi connectivity index (χ3v) is 4.81. The number of nitrogens with one attached hydrogen (secondary N) is 2. The molecular formula is C26H38N4O2. The van der Waals surface area contributed by atoms with Crippen LogP contribution < -0.4 is 15.4 Å². The lowest BCUT2D eigenvalue weighted by Crippen LogP contribution is -2.38. The minimum absolute atomic E-state index is 0.0224. The normalized spacial score (nSPS) is 11.4. The van der Waals surface area contributed by atoms with Gasteiger partial charge in [-0.1, -0.05) is 38.1 Å². The quantitative estimate of drug-likeness (QED) is 0.414. The summed E-state index contributed by atoms with van der Waals surface area (Å²) < 4.78 is 5.74. The van der Waals surface area contributed by atoms with Crippen LogP contribution in [0.15, 0.2) is 53.5 Å². The van der Waals surface area contributed by atoms with Crippen molar-refractivity contribution < 1.29 is 9.53 Å². The van der Waals surface area contributed by atoms with E-state index in [2.05, 4.69) is 43.5 Å². The molecule has 0 aliphatic heterocycles. The van der Waals surface area contributed by atoms with Gasteiger partial charge in [-0.15, -0.1) is 0 Å². The second kappa shape index (κ2) is 13.4. The number of hydrogen-bond acceptors (Lipinski definition) is 3. The summed E-state index contributed by atoms with van der Waals surface area (Å²) in [5.74, 6) is 2.27. The van der Waals surface area contributed by atoms with E-state index in [1.807, 2.05) is 36.4 Å². The zero-order chi connectivity index (χ0) is 23.3. The van der Waals surface area contributed by atoms with E-state index in [1.54, 1.807) is 19.0 Å². The maximum absolute atomic E-state index is 12.2. The lowest BCUT2D eigenvalue weighted by Gasteiger charge is -2.13. The summed E-state index contributed by atoms with van der Waals surface area (Å²) in [6.07, 6.45) is 1.69. The fourth-order valence-electron chi connectivity index (χ4n) is 3.10. The van der Waals surface area contributed by atoms with Crippen LogP contribution in [-0.2, 0) is 12.8 Å². The van der Waals surface area contributed by atoms with Gasteiger partial charge in [0.1, 0.15) is 5.75 Å². The second-order valence-corrected chi connectivity index (χ2v) is 8.44. The van der Waals surface area contributed by atoms with E-state index in [4.69, 9.17) is 9.73 Å². The van der Waals surface area contributed by atoms with Gasteiger partial charge in [0.05, 0.1) is 6.61 Å². The van der Waals surface area contributed by atoms with Gasteiger partial charge < -0.3 is 20.3 Å².